The molecule has 2 aromatic rings. The summed E-state index contributed by atoms with van der Waals surface area (Å²) in [7, 11) is 1.99. The first kappa shape index (κ1) is 20.4. The van der Waals surface area contributed by atoms with Crippen LogP contribution in [0.1, 0.15) is 37.1 Å². The number of hydrogen-bond donors (Lipinski definition) is 0. The van der Waals surface area contributed by atoms with Crippen molar-refractivity contribution in [2.45, 2.75) is 46.6 Å². The Hall–Kier alpha value is -1.88. The van der Waals surface area contributed by atoms with Crippen LogP contribution in [0.2, 0.25) is 0 Å². The Bertz CT molecular complexity index is 761. The maximum Gasteiger partial charge on any atom is 0.228 e. The molecule has 0 spiro atoms. The predicted molar refractivity (Wildman–Crippen MR) is 113 cm³/mol. The van der Waals surface area contributed by atoms with Gasteiger partial charge in [-0.15, -0.1) is 0 Å². The number of hydrogen-bond acceptors (Lipinski definition) is 3. The van der Waals surface area contributed by atoms with Crippen molar-refractivity contribution >= 4 is 28.0 Å². The zero-order valence-electron chi connectivity index (χ0n) is 16.3. The van der Waals surface area contributed by atoms with Crippen LogP contribution in [-0.2, 0) is 6.42 Å². The maximum atomic E-state index is 6.07. The third-order valence-electron chi connectivity index (χ3n) is 4.39. The molecule has 140 valence electrons. The second kappa shape index (κ2) is 9.72. The summed E-state index contributed by atoms with van der Waals surface area (Å²) < 4.78 is 6.90. The van der Waals surface area contributed by atoms with Crippen LogP contribution in [0.25, 0.3) is 0 Å². The van der Waals surface area contributed by atoms with E-state index in [1.165, 1.54) is 11.1 Å². The van der Waals surface area contributed by atoms with Crippen LogP contribution in [0.5, 0.6) is 5.88 Å². The monoisotopic (exact) mass is 417 g/mol. The highest BCUT2D eigenvalue weighted by molar-refractivity contribution is 9.10. The van der Waals surface area contributed by atoms with E-state index in [0.717, 1.165) is 35.2 Å². The summed E-state index contributed by atoms with van der Waals surface area (Å²) in [4.78, 5) is 11.1. The Morgan fingerprint density at radius 2 is 2.04 bits per heavy atom. The summed E-state index contributed by atoms with van der Waals surface area (Å²) in [6.07, 6.45) is 3.84. The average Bonchev–Trinajstić information content (AvgIpc) is 2.62. The van der Waals surface area contributed by atoms with Crippen LogP contribution in [0.3, 0.4) is 0 Å². The van der Waals surface area contributed by atoms with E-state index >= 15 is 0 Å². The fourth-order valence-corrected chi connectivity index (χ4v) is 2.90. The molecule has 0 aliphatic heterocycles. The number of aryl methyl sites for hydroxylation is 3. The number of benzene rings is 1. The van der Waals surface area contributed by atoms with Crippen LogP contribution in [-0.4, -0.2) is 35.9 Å². The summed E-state index contributed by atoms with van der Waals surface area (Å²) in [5.74, 6) is 0.627. The molecule has 1 heterocycles. The molecule has 1 unspecified atom stereocenters. The molecule has 4 nitrogen and oxygen atoms in total. The first-order valence-electron chi connectivity index (χ1n) is 9.03. The minimum absolute atomic E-state index is 0.0818. The summed E-state index contributed by atoms with van der Waals surface area (Å²) in [5.41, 5.74) is 4.40. The Morgan fingerprint density at radius 1 is 1.31 bits per heavy atom. The summed E-state index contributed by atoms with van der Waals surface area (Å²) in [6, 6.07) is 10.5. The van der Waals surface area contributed by atoms with E-state index in [1.54, 1.807) is 0 Å². The lowest BCUT2D eigenvalue weighted by Crippen LogP contribution is -2.15. The molecule has 1 atom stereocenters. The van der Waals surface area contributed by atoms with Gasteiger partial charge in [0.15, 0.2) is 0 Å². The number of aromatic nitrogens is 1. The van der Waals surface area contributed by atoms with Crippen LogP contribution < -0.4 is 4.74 Å². The van der Waals surface area contributed by atoms with E-state index in [-0.39, 0.29) is 6.10 Å². The van der Waals surface area contributed by atoms with Gasteiger partial charge in [-0.05, 0) is 73.7 Å². The molecule has 26 heavy (non-hydrogen) atoms. The fourth-order valence-electron chi connectivity index (χ4n) is 2.50. The highest BCUT2D eigenvalue weighted by Gasteiger charge is 2.12. The smallest absolute Gasteiger partial charge is 0.228 e. The highest BCUT2D eigenvalue weighted by atomic mass is 79.9. The van der Waals surface area contributed by atoms with Gasteiger partial charge in [-0.2, -0.15) is 0 Å². The average molecular weight is 418 g/mol. The topological polar surface area (TPSA) is 37.7 Å². The van der Waals surface area contributed by atoms with Crippen molar-refractivity contribution in [2.75, 3.05) is 13.6 Å². The van der Waals surface area contributed by atoms with Crippen LogP contribution in [0, 0.1) is 13.8 Å². The van der Waals surface area contributed by atoms with E-state index in [2.05, 4.69) is 70.9 Å². The van der Waals surface area contributed by atoms with Crippen LogP contribution in [0.15, 0.2) is 39.8 Å². The number of nitrogens with zero attached hydrogens (tertiary/aromatic N) is 3. The quantitative estimate of drug-likeness (QED) is 0.421. The molecule has 0 radical (unpaired) electrons. The standard InChI is InChI=1S/C21H28BrN3O/c1-6-25(5)14-23-20-13-19(22)21(24-17(20)4)26-16(3)11-12-18-10-8-7-9-15(18)2/h7-10,13-14,16H,6,11-12H2,1-5H3. The minimum Gasteiger partial charge on any atom is -0.474 e. The van der Waals surface area contributed by atoms with Crippen molar-refractivity contribution in [3.8, 4) is 5.88 Å². The number of halogens is 1. The molecule has 0 fully saturated rings. The third kappa shape index (κ3) is 5.84. The van der Waals surface area contributed by atoms with Crippen LogP contribution >= 0.6 is 15.9 Å². The molecule has 0 aliphatic carbocycles. The second-order valence-electron chi connectivity index (χ2n) is 6.59. The normalized spacial score (nSPS) is 12.4. The van der Waals surface area contributed by atoms with Crippen molar-refractivity contribution in [3.63, 3.8) is 0 Å². The molecular formula is C21H28BrN3O. The lowest BCUT2D eigenvalue weighted by atomic mass is 10.0. The Labute approximate surface area is 165 Å². The zero-order valence-corrected chi connectivity index (χ0v) is 17.9. The second-order valence-corrected chi connectivity index (χ2v) is 7.45. The van der Waals surface area contributed by atoms with Crippen molar-refractivity contribution < 1.29 is 4.74 Å². The molecule has 2 rings (SSSR count). The summed E-state index contributed by atoms with van der Waals surface area (Å²) in [6.45, 7) is 9.19. The maximum absolute atomic E-state index is 6.07. The summed E-state index contributed by atoms with van der Waals surface area (Å²) >= 11 is 3.57. The molecule has 0 aliphatic rings. The lowest BCUT2D eigenvalue weighted by Gasteiger charge is -2.17. The number of ether oxygens (including phenoxy) is 1. The molecule has 0 saturated carbocycles. The van der Waals surface area contributed by atoms with E-state index in [0.29, 0.717) is 5.88 Å². The van der Waals surface area contributed by atoms with Gasteiger partial charge in [-0.25, -0.2) is 9.98 Å². The summed E-state index contributed by atoms with van der Waals surface area (Å²) in [5, 5.41) is 0. The first-order chi connectivity index (χ1) is 12.4. The lowest BCUT2D eigenvalue weighted by molar-refractivity contribution is 0.201. The van der Waals surface area contributed by atoms with Gasteiger partial charge >= 0.3 is 0 Å². The van der Waals surface area contributed by atoms with Gasteiger partial charge in [-0.1, -0.05) is 24.3 Å². The number of aliphatic imine (C=N–C) groups is 1. The molecule has 1 aromatic heterocycles. The van der Waals surface area contributed by atoms with E-state index in [4.69, 9.17) is 4.74 Å². The Kier molecular flexibility index (Phi) is 7.64. The van der Waals surface area contributed by atoms with Crippen molar-refractivity contribution in [1.82, 2.24) is 9.88 Å². The molecule has 5 heteroatoms. The zero-order chi connectivity index (χ0) is 19.1. The predicted octanol–water partition coefficient (Wildman–Crippen LogP) is 5.47. The van der Waals surface area contributed by atoms with Gasteiger partial charge in [-0.3, -0.25) is 0 Å². The molecular weight excluding hydrogens is 390 g/mol. The van der Waals surface area contributed by atoms with Crippen molar-refractivity contribution in [3.05, 3.63) is 51.6 Å². The minimum atomic E-state index is 0.0818. The van der Waals surface area contributed by atoms with Gasteiger partial charge in [0.2, 0.25) is 5.88 Å². The van der Waals surface area contributed by atoms with E-state index in [1.807, 2.05) is 31.3 Å². The highest BCUT2D eigenvalue weighted by Crippen LogP contribution is 2.30. The number of pyridine rings is 1. The van der Waals surface area contributed by atoms with Gasteiger partial charge in [0.25, 0.3) is 0 Å². The molecule has 0 bridgehead atoms. The SMILES string of the molecule is CCN(C)C=Nc1cc(Br)c(OC(C)CCc2ccccc2C)nc1C. The van der Waals surface area contributed by atoms with Gasteiger partial charge in [0, 0.05) is 13.6 Å². The van der Waals surface area contributed by atoms with Gasteiger partial charge in [0.1, 0.15) is 0 Å². The Balaban J connectivity index is 2.01. The van der Waals surface area contributed by atoms with Crippen molar-refractivity contribution in [2.24, 2.45) is 4.99 Å². The molecule has 0 saturated heterocycles. The van der Waals surface area contributed by atoms with E-state index in [9.17, 15) is 0 Å². The van der Waals surface area contributed by atoms with E-state index < -0.39 is 0 Å². The first-order valence-corrected chi connectivity index (χ1v) is 9.82. The molecule has 1 aromatic carbocycles. The fraction of sp³-hybridized carbons (Fsp3) is 0.429. The Morgan fingerprint density at radius 3 is 2.73 bits per heavy atom. The van der Waals surface area contributed by atoms with Crippen LogP contribution in [0.4, 0.5) is 5.69 Å². The number of rotatable bonds is 8. The van der Waals surface area contributed by atoms with Gasteiger partial charge in [0.05, 0.1) is 28.3 Å². The third-order valence-corrected chi connectivity index (χ3v) is 4.96. The largest absolute Gasteiger partial charge is 0.474 e. The van der Waals surface area contributed by atoms with Gasteiger partial charge < -0.3 is 9.64 Å². The van der Waals surface area contributed by atoms with Crippen molar-refractivity contribution in [1.29, 1.82) is 0 Å². The molecule has 0 amide bonds. The molecule has 0 N–H and O–H groups in total.